The summed E-state index contributed by atoms with van der Waals surface area (Å²) in [5.74, 6) is 0.829. The molecule has 3 nitrogen and oxygen atoms in total. The van der Waals surface area contributed by atoms with Crippen LogP contribution in [0.15, 0.2) is 0 Å². The molecule has 0 amide bonds. The Morgan fingerprint density at radius 1 is 1.67 bits per heavy atom. The van der Waals surface area contributed by atoms with Gasteiger partial charge in [-0.25, -0.2) is 0 Å². The Bertz CT molecular complexity index is 241. The first-order valence-electron chi connectivity index (χ1n) is 5.51. The van der Waals surface area contributed by atoms with Gasteiger partial charge in [0.2, 0.25) is 0 Å². The second-order valence-electron chi connectivity index (χ2n) is 4.19. The fourth-order valence-electron chi connectivity index (χ4n) is 1.72. The van der Waals surface area contributed by atoms with Crippen molar-refractivity contribution in [3.8, 4) is 6.07 Å². The molecule has 3 unspecified atom stereocenters. The Balaban J connectivity index is 2.37. The molecule has 0 aromatic rings. The van der Waals surface area contributed by atoms with Gasteiger partial charge in [0.15, 0.2) is 0 Å². The molecular formula is C11H20N2OS. The Morgan fingerprint density at radius 2 is 2.40 bits per heavy atom. The van der Waals surface area contributed by atoms with Crippen LogP contribution in [0.5, 0.6) is 0 Å². The molecule has 15 heavy (non-hydrogen) atoms. The number of nitriles is 1. The zero-order valence-electron chi connectivity index (χ0n) is 9.75. The lowest BCUT2D eigenvalue weighted by Gasteiger charge is -2.24. The molecule has 1 N–H and O–H groups in total. The number of hydrogen-bond acceptors (Lipinski definition) is 4. The van der Waals surface area contributed by atoms with Crippen LogP contribution in [-0.4, -0.2) is 35.8 Å². The van der Waals surface area contributed by atoms with Crippen LogP contribution < -0.4 is 5.32 Å². The van der Waals surface area contributed by atoms with E-state index in [0.29, 0.717) is 11.4 Å². The number of thioether (sulfide) groups is 1. The van der Waals surface area contributed by atoms with E-state index in [1.54, 1.807) is 0 Å². The maximum Gasteiger partial charge on any atom is 0.113 e. The standard InChI is InChI=1S/C11H20N2OS/c1-4-13-11(3,7-12)8-15-10-5-6-14-9(10)2/h9-10,13H,4-6,8H2,1-3H3. The fraction of sp³-hybridized carbons (Fsp3) is 0.909. The minimum atomic E-state index is -0.401. The summed E-state index contributed by atoms with van der Waals surface area (Å²) < 4.78 is 5.50. The highest BCUT2D eigenvalue weighted by atomic mass is 32.2. The number of nitrogens with zero attached hydrogens (tertiary/aromatic N) is 1. The molecule has 0 aliphatic carbocycles. The molecule has 1 fully saturated rings. The number of nitrogens with one attached hydrogen (secondary N) is 1. The van der Waals surface area contributed by atoms with Crippen molar-refractivity contribution in [1.82, 2.24) is 5.32 Å². The van der Waals surface area contributed by atoms with Crippen LogP contribution in [0.1, 0.15) is 27.2 Å². The molecule has 1 rings (SSSR count). The summed E-state index contributed by atoms with van der Waals surface area (Å²) in [7, 11) is 0. The van der Waals surface area contributed by atoms with Gasteiger partial charge < -0.3 is 4.74 Å². The van der Waals surface area contributed by atoms with Crippen molar-refractivity contribution in [1.29, 1.82) is 5.26 Å². The SMILES string of the molecule is CCNC(C)(C#N)CSC1CCOC1C. The zero-order valence-corrected chi connectivity index (χ0v) is 10.6. The van der Waals surface area contributed by atoms with Gasteiger partial charge in [-0.15, -0.1) is 0 Å². The average molecular weight is 228 g/mol. The molecule has 0 saturated carbocycles. The topological polar surface area (TPSA) is 45.0 Å². The first-order valence-corrected chi connectivity index (χ1v) is 6.55. The van der Waals surface area contributed by atoms with Gasteiger partial charge in [-0.05, 0) is 26.8 Å². The van der Waals surface area contributed by atoms with Crippen molar-refractivity contribution in [2.45, 2.75) is 44.1 Å². The first kappa shape index (κ1) is 12.8. The number of rotatable bonds is 5. The third-order valence-corrected chi connectivity index (χ3v) is 4.50. The first-order chi connectivity index (χ1) is 7.11. The van der Waals surface area contributed by atoms with Crippen molar-refractivity contribution >= 4 is 11.8 Å². The maximum atomic E-state index is 9.10. The molecule has 0 bridgehead atoms. The highest BCUT2D eigenvalue weighted by molar-refractivity contribution is 8.00. The smallest absolute Gasteiger partial charge is 0.113 e. The van der Waals surface area contributed by atoms with Gasteiger partial charge in [0.05, 0.1) is 12.2 Å². The minimum Gasteiger partial charge on any atom is -0.377 e. The number of ether oxygens (including phenoxy) is 1. The lowest BCUT2D eigenvalue weighted by molar-refractivity contribution is 0.127. The molecule has 1 aliphatic heterocycles. The third-order valence-electron chi connectivity index (χ3n) is 2.71. The molecule has 86 valence electrons. The molecule has 3 atom stereocenters. The van der Waals surface area contributed by atoms with Crippen LogP contribution in [0.3, 0.4) is 0 Å². The Labute approximate surface area is 96.6 Å². The zero-order chi connectivity index (χ0) is 11.3. The van der Waals surface area contributed by atoms with Crippen molar-refractivity contribution < 1.29 is 4.74 Å². The van der Waals surface area contributed by atoms with Crippen LogP contribution >= 0.6 is 11.8 Å². The Morgan fingerprint density at radius 3 is 2.87 bits per heavy atom. The number of hydrogen-bond donors (Lipinski definition) is 1. The van der Waals surface area contributed by atoms with Crippen LogP contribution in [-0.2, 0) is 4.74 Å². The summed E-state index contributed by atoms with van der Waals surface area (Å²) in [6.07, 6.45) is 1.44. The van der Waals surface area contributed by atoms with Gasteiger partial charge in [0, 0.05) is 17.6 Å². The summed E-state index contributed by atoms with van der Waals surface area (Å²) in [5, 5.41) is 12.9. The third kappa shape index (κ3) is 3.67. The maximum absolute atomic E-state index is 9.10. The van der Waals surface area contributed by atoms with Gasteiger partial charge in [-0.3, -0.25) is 5.32 Å². The van der Waals surface area contributed by atoms with Crippen LogP contribution in [0.2, 0.25) is 0 Å². The summed E-state index contributed by atoms with van der Waals surface area (Å²) >= 11 is 1.85. The Kier molecular flexibility index (Phi) is 4.91. The van der Waals surface area contributed by atoms with E-state index in [9.17, 15) is 0 Å². The fourth-order valence-corrected chi connectivity index (χ4v) is 3.04. The quantitative estimate of drug-likeness (QED) is 0.779. The largest absolute Gasteiger partial charge is 0.377 e. The van der Waals surface area contributed by atoms with Crippen molar-refractivity contribution in [2.75, 3.05) is 18.9 Å². The van der Waals surface area contributed by atoms with E-state index in [4.69, 9.17) is 10.00 Å². The normalized spacial score (nSPS) is 29.7. The summed E-state index contributed by atoms with van der Waals surface area (Å²) in [6.45, 7) is 7.80. The molecule has 0 radical (unpaired) electrons. The summed E-state index contributed by atoms with van der Waals surface area (Å²) in [4.78, 5) is 0. The lowest BCUT2D eigenvalue weighted by atomic mass is 10.1. The predicted molar refractivity (Wildman–Crippen MR) is 64.0 cm³/mol. The van der Waals surface area contributed by atoms with E-state index in [0.717, 1.165) is 25.3 Å². The molecule has 0 aromatic carbocycles. The van der Waals surface area contributed by atoms with E-state index in [1.165, 1.54) is 0 Å². The van der Waals surface area contributed by atoms with E-state index in [1.807, 2.05) is 25.6 Å². The lowest BCUT2D eigenvalue weighted by Crippen LogP contribution is -2.43. The molecular weight excluding hydrogens is 208 g/mol. The molecule has 0 aromatic heterocycles. The van der Waals surface area contributed by atoms with Gasteiger partial charge in [0.1, 0.15) is 5.54 Å². The van der Waals surface area contributed by atoms with E-state index in [2.05, 4.69) is 18.3 Å². The second-order valence-corrected chi connectivity index (χ2v) is 5.42. The van der Waals surface area contributed by atoms with Gasteiger partial charge in [-0.2, -0.15) is 17.0 Å². The average Bonchev–Trinajstić information content (AvgIpc) is 2.62. The molecule has 0 spiro atoms. The monoisotopic (exact) mass is 228 g/mol. The van der Waals surface area contributed by atoms with E-state index in [-0.39, 0.29) is 0 Å². The molecule has 1 saturated heterocycles. The van der Waals surface area contributed by atoms with Crippen molar-refractivity contribution in [2.24, 2.45) is 0 Å². The second kappa shape index (κ2) is 5.74. The van der Waals surface area contributed by atoms with Crippen LogP contribution in [0.25, 0.3) is 0 Å². The molecule has 1 aliphatic rings. The van der Waals surface area contributed by atoms with Crippen molar-refractivity contribution in [3.05, 3.63) is 0 Å². The van der Waals surface area contributed by atoms with E-state index >= 15 is 0 Å². The Hall–Kier alpha value is -0.240. The van der Waals surface area contributed by atoms with E-state index < -0.39 is 5.54 Å². The van der Waals surface area contributed by atoms with Gasteiger partial charge in [0.25, 0.3) is 0 Å². The molecule has 4 heteroatoms. The minimum absolute atomic E-state index is 0.333. The predicted octanol–water partition coefficient (Wildman–Crippen LogP) is 1.79. The summed E-state index contributed by atoms with van der Waals surface area (Å²) in [6, 6.07) is 2.35. The van der Waals surface area contributed by atoms with Gasteiger partial charge >= 0.3 is 0 Å². The summed E-state index contributed by atoms with van der Waals surface area (Å²) in [5.41, 5.74) is -0.401. The highest BCUT2D eigenvalue weighted by Gasteiger charge is 2.29. The molecule has 1 heterocycles. The van der Waals surface area contributed by atoms with Gasteiger partial charge in [-0.1, -0.05) is 6.92 Å². The highest BCUT2D eigenvalue weighted by Crippen LogP contribution is 2.28. The van der Waals surface area contributed by atoms with Crippen LogP contribution in [0, 0.1) is 11.3 Å². The van der Waals surface area contributed by atoms with Crippen LogP contribution in [0.4, 0.5) is 0 Å². The van der Waals surface area contributed by atoms with Crippen molar-refractivity contribution in [3.63, 3.8) is 0 Å².